The highest BCUT2D eigenvalue weighted by Crippen LogP contribution is 2.25. The number of hydrogen-bond acceptors (Lipinski definition) is 4. The van der Waals surface area contributed by atoms with Gasteiger partial charge < -0.3 is 10.0 Å². The zero-order valence-electron chi connectivity index (χ0n) is 12.2. The summed E-state index contributed by atoms with van der Waals surface area (Å²) in [5.41, 5.74) is 0. The fourth-order valence-corrected chi connectivity index (χ4v) is 4.26. The van der Waals surface area contributed by atoms with Crippen LogP contribution in [0.1, 0.15) is 32.6 Å². The molecule has 0 bridgehead atoms. The average molecular weight is 304 g/mol. The molecule has 0 radical (unpaired) electrons. The van der Waals surface area contributed by atoms with Crippen molar-refractivity contribution in [1.82, 2.24) is 9.21 Å². The quantitative estimate of drug-likeness (QED) is 0.798. The lowest BCUT2D eigenvalue weighted by Crippen LogP contribution is -2.52. The van der Waals surface area contributed by atoms with Crippen molar-refractivity contribution in [2.45, 2.75) is 44.8 Å². The molecule has 116 valence electrons. The standard InChI is InChI=1S/C13H24N2O4S/c1-10(16)11-6-8-14(9-11)13(17)12-5-3-4-7-15(12)20(2,18)19/h10-12,16H,3-9H2,1-2H3. The lowest BCUT2D eigenvalue weighted by atomic mass is 10.0. The van der Waals surface area contributed by atoms with Gasteiger partial charge in [-0.05, 0) is 26.2 Å². The van der Waals surface area contributed by atoms with Crippen LogP contribution in [-0.2, 0) is 14.8 Å². The number of carbonyl (C=O) groups excluding carboxylic acids is 1. The van der Waals surface area contributed by atoms with Gasteiger partial charge in [0.25, 0.3) is 0 Å². The van der Waals surface area contributed by atoms with Gasteiger partial charge in [0.15, 0.2) is 0 Å². The Morgan fingerprint density at radius 1 is 1.25 bits per heavy atom. The van der Waals surface area contributed by atoms with Crippen LogP contribution in [0.3, 0.4) is 0 Å². The Kier molecular flexibility index (Phi) is 4.71. The number of piperidine rings is 1. The Morgan fingerprint density at radius 3 is 2.50 bits per heavy atom. The zero-order valence-corrected chi connectivity index (χ0v) is 13.0. The lowest BCUT2D eigenvalue weighted by Gasteiger charge is -2.35. The fourth-order valence-electron chi connectivity index (χ4n) is 3.14. The molecule has 3 unspecified atom stereocenters. The van der Waals surface area contributed by atoms with Crippen LogP contribution in [0.2, 0.25) is 0 Å². The van der Waals surface area contributed by atoms with Crippen LogP contribution in [-0.4, -0.2) is 66.7 Å². The Balaban J connectivity index is 2.07. The molecule has 0 spiro atoms. The van der Waals surface area contributed by atoms with Crippen molar-refractivity contribution in [3.8, 4) is 0 Å². The topological polar surface area (TPSA) is 77.9 Å². The highest BCUT2D eigenvalue weighted by Gasteiger charge is 2.39. The minimum absolute atomic E-state index is 0.0988. The van der Waals surface area contributed by atoms with Crippen LogP contribution < -0.4 is 0 Å². The van der Waals surface area contributed by atoms with E-state index in [9.17, 15) is 18.3 Å². The van der Waals surface area contributed by atoms with E-state index in [1.54, 1.807) is 11.8 Å². The number of hydrogen-bond donors (Lipinski definition) is 1. The van der Waals surface area contributed by atoms with E-state index in [0.29, 0.717) is 26.1 Å². The van der Waals surface area contributed by atoms with E-state index in [2.05, 4.69) is 0 Å². The van der Waals surface area contributed by atoms with Gasteiger partial charge in [-0.15, -0.1) is 0 Å². The summed E-state index contributed by atoms with van der Waals surface area (Å²) in [6.07, 6.45) is 3.83. The van der Waals surface area contributed by atoms with Crippen LogP contribution >= 0.6 is 0 Å². The van der Waals surface area contributed by atoms with Gasteiger partial charge in [-0.25, -0.2) is 8.42 Å². The molecule has 2 saturated heterocycles. The molecule has 0 aromatic carbocycles. The number of nitrogens with zero attached hydrogens (tertiary/aromatic N) is 2. The smallest absolute Gasteiger partial charge is 0.241 e. The fraction of sp³-hybridized carbons (Fsp3) is 0.923. The van der Waals surface area contributed by atoms with Crippen LogP contribution in [0.15, 0.2) is 0 Å². The number of likely N-dealkylation sites (tertiary alicyclic amines) is 1. The molecular formula is C13H24N2O4S. The van der Waals surface area contributed by atoms with Gasteiger partial charge in [-0.1, -0.05) is 6.42 Å². The predicted octanol–water partition coefficient (Wildman–Crippen LogP) is 0.0298. The largest absolute Gasteiger partial charge is 0.393 e. The van der Waals surface area contributed by atoms with E-state index in [1.165, 1.54) is 10.6 Å². The molecule has 0 saturated carbocycles. The Labute approximate surface area is 120 Å². The zero-order chi connectivity index (χ0) is 14.9. The summed E-state index contributed by atoms with van der Waals surface area (Å²) in [6, 6.07) is -0.550. The molecule has 1 N–H and O–H groups in total. The van der Waals surface area contributed by atoms with E-state index in [4.69, 9.17) is 0 Å². The first-order valence-electron chi connectivity index (χ1n) is 7.24. The number of rotatable bonds is 3. The van der Waals surface area contributed by atoms with E-state index < -0.39 is 22.2 Å². The van der Waals surface area contributed by atoms with Crippen molar-refractivity contribution in [2.75, 3.05) is 25.9 Å². The maximum atomic E-state index is 12.6. The number of amides is 1. The number of sulfonamides is 1. The van der Waals surface area contributed by atoms with Crippen molar-refractivity contribution in [1.29, 1.82) is 0 Å². The van der Waals surface area contributed by atoms with Gasteiger partial charge in [0.2, 0.25) is 15.9 Å². The normalized spacial score (nSPS) is 30.4. The number of aliphatic hydroxyl groups is 1. The van der Waals surface area contributed by atoms with Gasteiger partial charge in [0, 0.05) is 25.6 Å². The van der Waals surface area contributed by atoms with Crippen LogP contribution in [0.5, 0.6) is 0 Å². The molecule has 2 fully saturated rings. The van der Waals surface area contributed by atoms with Crippen molar-refractivity contribution in [2.24, 2.45) is 5.92 Å². The summed E-state index contributed by atoms with van der Waals surface area (Å²) in [5, 5.41) is 9.60. The third kappa shape index (κ3) is 3.32. The molecule has 2 rings (SSSR count). The molecular weight excluding hydrogens is 280 g/mol. The molecule has 7 heteroatoms. The number of carbonyl (C=O) groups is 1. The van der Waals surface area contributed by atoms with Gasteiger partial charge in [-0.2, -0.15) is 4.31 Å². The van der Waals surface area contributed by atoms with Gasteiger partial charge in [0.1, 0.15) is 6.04 Å². The number of aliphatic hydroxyl groups excluding tert-OH is 1. The molecule has 0 aromatic rings. The summed E-state index contributed by atoms with van der Waals surface area (Å²) in [4.78, 5) is 14.3. The highest BCUT2D eigenvalue weighted by atomic mass is 32.2. The van der Waals surface area contributed by atoms with Crippen molar-refractivity contribution < 1.29 is 18.3 Å². The van der Waals surface area contributed by atoms with Crippen LogP contribution in [0.4, 0.5) is 0 Å². The highest BCUT2D eigenvalue weighted by molar-refractivity contribution is 7.88. The summed E-state index contributed by atoms with van der Waals surface area (Å²) < 4.78 is 24.9. The second-order valence-corrected chi connectivity index (χ2v) is 7.89. The monoisotopic (exact) mass is 304 g/mol. The minimum Gasteiger partial charge on any atom is -0.393 e. The molecule has 20 heavy (non-hydrogen) atoms. The Morgan fingerprint density at radius 2 is 1.95 bits per heavy atom. The van der Waals surface area contributed by atoms with E-state index in [0.717, 1.165) is 19.3 Å². The van der Waals surface area contributed by atoms with Crippen molar-refractivity contribution >= 4 is 15.9 Å². The second-order valence-electron chi connectivity index (χ2n) is 5.96. The van der Waals surface area contributed by atoms with Crippen molar-refractivity contribution in [3.05, 3.63) is 0 Å². The summed E-state index contributed by atoms with van der Waals surface area (Å²) >= 11 is 0. The molecule has 1 amide bonds. The molecule has 0 aromatic heterocycles. The average Bonchev–Trinajstić information content (AvgIpc) is 2.86. The first-order chi connectivity index (χ1) is 9.30. The minimum atomic E-state index is -3.34. The van der Waals surface area contributed by atoms with Crippen LogP contribution in [0, 0.1) is 5.92 Å². The van der Waals surface area contributed by atoms with E-state index in [1.807, 2.05) is 0 Å². The maximum Gasteiger partial charge on any atom is 0.241 e. The molecule has 2 heterocycles. The van der Waals surface area contributed by atoms with Gasteiger partial charge >= 0.3 is 0 Å². The Hall–Kier alpha value is -0.660. The summed E-state index contributed by atoms with van der Waals surface area (Å²) in [7, 11) is -3.34. The van der Waals surface area contributed by atoms with Crippen LogP contribution in [0.25, 0.3) is 0 Å². The first-order valence-corrected chi connectivity index (χ1v) is 9.09. The third-order valence-corrected chi connectivity index (χ3v) is 5.67. The lowest BCUT2D eigenvalue weighted by molar-refractivity contribution is -0.135. The maximum absolute atomic E-state index is 12.6. The molecule has 6 nitrogen and oxygen atoms in total. The predicted molar refractivity (Wildman–Crippen MR) is 75.6 cm³/mol. The molecule has 2 aliphatic heterocycles. The molecule has 3 atom stereocenters. The van der Waals surface area contributed by atoms with E-state index >= 15 is 0 Å². The summed E-state index contributed by atoms with van der Waals surface area (Å²) in [5.74, 6) is 0.00694. The molecule has 0 aliphatic carbocycles. The van der Waals surface area contributed by atoms with Gasteiger partial charge in [0.05, 0.1) is 12.4 Å². The van der Waals surface area contributed by atoms with Gasteiger partial charge in [-0.3, -0.25) is 4.79 Å². The van der Waals surface area contributed by atoms with Crippen molar-refractivity contribution in [3.63, 3.8) is 0 Å². The Bertz CT molecular complexity index is 463. The molecule has 2 aliphatic rings. The third-order valence-electron chi connectivity index (χ3n) is 4.38. The van der Waals surface area contributed by atoms with E-state index in [-0.39, 0.29) is 11.8 Å². The summed E-state index contributed by atoms with van der Waals surface area (Å²) in [6.45, 7) is 3.32. The second kappa shape index (κ2) is 5.99. The SMILES string of the molecule is CC(O)C1CCN(C(=O)C2CCCCN2S(C)(=O)=O)C1. The first kappa shape index (κ1) is 15.7.